The number of anilines is 1. The van der Waals surface area contributed by atoms with Crippen molar-refractivity contribution in [3.63, 3.8) is 0 Å². The smallest absolute Gasteiger partial charge is 0.414 e. The first kappa shape index (κ1) is 15.7. The zero-order chi connectivity index (χ0) is 14.8. The molecule has 0 aromatic heterocycles. The Labute approximate surface area is 125 Å². The molecule has 5 nitrogen and oxygen atoms in total. The summed E-state index contributed by atoms with van der Waals surface area (Å²) in [5.41, 5.74) is -0.250. The van der Waals surface area contributed by atoms with Crippen LogP contribution in [0, 0.1) is 3.57 Å². The lowest BCUT2D eigenvalue weighted by Gasteiger charge is -2.25. The van der Waals surface area contributed by atoms with Crippen LogP contribution < -0.4 is 4.90 Å². The van der Waals surface area contributed by atoms with Crippen molar-refractivity contribution in [2.45, 2.75) is 26.4 Å². The lowest BCUT2D eigenvalue weighted by atomic mass is 10.1. The summed E-state index contributed by atoms with van der Waals surface area (Å²) in [6, 6.07) is 4.84. The van der Waals surface area contributed by atoms with Gasteiger partial charge in [-0.3, -0.25) is 4.90 Å². The number of ether oxygens (including phenoxy) is 1. The van der Waals surface area contributed by atoms with Crippen LogP contribution in [0.25, 0.3) is 0 Å². The van der Waals surface area contributed by atoms with E-state index in [1.807, 2.05) is 22.6 Å². The van der Waals surface area contributed by atoms with E-state index in [-0.39, 0.29) is 5.56 Å². The molecule has 19 heavy (non-hydrogen) atoms. The molecule has 1 rings (SSSR count). The summed E-state index contributed by atoms with van der Waals surface area (Å²) in [6.45, 7) is 5.26. The van der Waals surface area contributed by atoms with Crippen molar-refractivity contribution >= 4 is 40.3 Å². The number of aromatic carboxylic acids is 1. The van der Waals surface area contributed by atoms with E-state index in [0.29, 0.717) is 5.69 Å². The number of rotatable bonds is 2. The first-order valence-electron chi connectivity index (χ1n) is 5.61. The Kier molecular flexibility index (Phi) is 4.78. The van der Waals surface area contributed by atoms with Gasteiger partial charge in [-0.25, -0.2) is 9.59 Å². The summed E-state index contributed by atoms with van der Waals surface area (Å²) in [5.74, 6) is -1.08. The molecule has 0 atom stereocenters. The van der Waals surface area contributed by atoms with Gasteiger partial charge < -0.3 is 9.84 Å². The number of carbonyl (C=O) groups excluding carboxylic acids is 1. The van der Waals surface area contributed by atoms with E-state index < -0.39 is 17.7 Å². The van der Waals surface area contributed by atoms with Crippen LogP contribution in [-0.4, -0.2) is 29.8 Å². The number of carboxylic acids is 1. The van der Waals surface area contributed by atoms with Crippen LogP contribution in [0.2, 0.25) is 0 Å². The lowest BCUT2D eigenvalue weighted by Crippen LogP contribution is -2.34. The third-order valence-electron chi connectivity index (χ3n) is 2.22. The van der Waals surface area contributed by atoms with Gasteiger partial charge in [-0.1, -0.05) is 0 Å². The molecule has 0 fully saturated rings. The maximum absolute atomic E-state index is 11.9. The molecule has 0 heterocycles. The SMILES string of the molecule is CN(C(=O)OC(C)(C)C)c1ccc(I)cc1C(=O)O. The van der Waals surface area contributed by atoms with Crippen LogP contribution in [0.1, 0.15) is 31.1 Å². The molecule has 1 N–H and O–H groups in total. The van der Waals surface area contributed by atoms with Crippen LogP contribution >= 0.6 is 22.6 Å². The summed E-state index contributed by atoms with van der Waals surface area (Å²) < 4.78 is 6.00. The third-order valence-corrected chi connectivity index (χ3v) is 2.89. The van der Waals surface area contributed by atoms with Crippen LogP contribution in [0.5, 0.6) is 0 Å². The van der Waals surface area contributed by atoms with Gasteiger partial charge in [0.15, 0.2) is 0 Å². The fourth-order valence-electron chi connectivity index (χ4n) is 1.40. The van der Waals surface area contributed by atoms with Gasteiger partial charge in [-0.15, -0.1) is 0 Å². The van der Waals surface area contributed by atoms with Gasteiger partial charge in [0.25, 0.3) is 0 Å². The zero-order valence-corrected chi connectivity index (χ0v) is 13.4. The highest BCUT2D eigenvalue weighted by Gasteiger charge is 2.23. The van der Waals surface area contributed by atoms with Gasteiger partial charge in [0, 0.05) is 10.6 Å². The number of benzene rings is 1. The second kappa shape index (κ2) is 5.77. The van der Waals surface area contributed by atoms with Gasteiger partial charge in [0.1, 0.15) is 5.60 Å². The minimum Gasteiger partial charge on any atom is -0.478 e. The Hall–Kier alpha value is -1.31. The minimum absolute atomic E-state index is 0.0697. The van der Waals surface area contributed by atoms with E-state index in [4.69, 9.17) is 4.74 Å². The Bertz CT molecular complexity index is 508. The topological polar surface area (TPSA) is 66.8 Å². The molecular formula is C13H16INO4. The summed E-state index contributed by atoms with van der Waals surface area (Å²) in [7, 11) is 1.49. The van der Waals surface area contributed by atoms with E-state index in [1.165, 1.54) is 18.0 Å². The number of nitrogens with zero attached hydrogens (tertiary/aromatic N) is 1. The fraction of sp³-hybridized carbons (Fsp3) is 0.385. The van der Waals surface area contributed by atoms with E-state index in [2.05, 4.69) is 0 Å². The molecule has 104 valence electrons. The Balaban J connectivity index is 3.09. The average Bonchev–Trinajstić information content (AvgIpc) is 2.25. The van der Waals surface area contributed by atoms with Crippen molar-refractivity contribution in [3.05, 3.63) is 27.3 Å². The highest BCUT2D eigenvalue weighted by atomic mass is 127. The number of hydrogen-bond acceptors (Lipinski definition) is 3. The van der Waals surface area contributed by atoms with E-state index >= 15 is 0 Å². The fourth-order valence-corrected chi connectivity index (χ4v) is 1.89. The maximum atomic E-state index is 11.9. The summed E-state index contributed by atoms with van der Waals surface area (Å²) >= 11 is 2.02. The average molecular weight is 377 g/mol. The summed E-state index contributed by atoms with van der Waals surface area (Å²) in [5, 5.41) is 9.17. The number of amides is 1. The summed E-state index contributed by atoms with van der Waals surface area (Å²) in [6.07, 6.45) is -0.587. The van der Waals surface area contributed by atoms with Gasteiger partial charge in [0.2, 0.25) is 0 Å². The number of carbonyl (C=O) groups is 2. The van der Waals surface area contributed by atoms with Crippen molar-refractivity contribution in [2.24, 2.45) is 0 Å². The predicted octanol–water partition coefficient (Wildman–Crippen LogP) is 3.36. The molecule has 0 aliphatic carbocycles. The summed E-state index contributed by atoms with van der Waals surface area (Å²) in [4.78, 5) is 24.3. The predicted molar refractivity (Wildman–Crippen MR) is 80.8 cm³/mol. The number of hydrogen-bond donors (Lipinski definition) is 1. The van der Waals surface area contributed by atoms with Crippen molar-refractivity contribution < 1.29 is 19.4 Å². The molecular weight excluding hydrogens is 361 g/mol. The lowest BCUT2D eigenvalue weighted by molar-refractivity contribution is 0.0589. The molecule has 1 aromatic carbocycles. The standard InChI is InChI=1S/C13H16INO4/c1-13(2,3)19-12(18)15(4)10-6-5-8(14)7-9(10)11(16)17/h5-7H,1-4H3,(H,16,17). The van der Waals surface area contributed by atoms with Gasteiger partial charge in [-0.05, 0) is 61.6 Å². The molecule has 1 aromatic rings. The maximum Gasteiger partial charge on any atom is 0.414 e. The normalized spacial score (nSPS) is 11.0. The zero-order valence-electron chi connectivity index (χ0n) is 11.2. The number of halogens is 1. The van der Waals surface area contributed by atoms with Gasteiger partial charge in [-0.2, -0.15) is 0 Å². The van der Waals surface area contributed by atoms with E-state index in [9.17, 15) is 14.7 Å². The molecule has 0 aliphatic rings. The molecule has 0 radical (unpaired) electrons. The second-order valence-corrected chi connectivity index (χ2v) is 6.25. The first-order valence-corrected chi connectivity index (χ1v) is 6.69. The highest BCUT2D eigenvalue weighted by Crippen LogP contribution is 2.23. The van der Waals surface area contributed by atoms with Gasteiger partial charge >= 0.3 is 12.1 Å². The quantitative estimate of drug-likeness (QED) is 0.803. The van der Waals surface area contributed by atoms with E-state index in [0.717, 1.165) is 3.57 Å². The Morgan fingerprint density at radius 1 is 1.32 bits per heavy atom. The highest BCUT2D eigenvalue weighted by molar-refractivity contribution is 14.1. The molecule has 0 spiro atoms. The van der Waals surface area contributed by atoms with Crippen molar-refractivity contribution in [1.82, 2.24) is 0 Å². The molecule has 0 aliphatic heterocycles. The number of carboxylic acid groups (broad SMARTS) is 1. The Morgan fingerprint density at radius 2 is 1.89 bits per heavy atom. The van der Waals surface area contributed by atoms with Gasteiger partial charge in [0.05, 0.1) is 11.3 Å². The molecule has 0 saturated carbocycles. The molecule has 1 amide bonds. The first-order chi connectivity index (χ1) is 8.61. The second-order valence-electron chi connectivity index (χ2n) is 5.01. The van der Waals surface area contributed by atoms with Crippen LogP contribution in [0.3, 0.4) is 0 Å². The minimum atomic E-state index is -1.08. The van der Waals surface area contributed by atoms with Crippen molar-refractivity contribution in [2.75, 3.05) is 11.9 Å². The molecule has 0 saturated heterocycles. The van der Waals surface area contributed by atoms with Crippen molar-refractivity contribution in [3.8, 4) is 0 Å². The largest absolute Gasteiger partial charge is 0.478 e. The molecule has 6 heteroatoms. The monoisotopic (exact) mass is 377 g/mol. The molecule has 0 bridgehead atoms. The van der Waals surface area contributed by atoms with Crippen LogP contribution in [-0.2, 0) is 4.74 Å². The van der Waals surface area contributed by atoms with Crippen LogP contribution in [0.15, 0.2) is 18.2 Å². The van der Waals surface area contributed by atoms with E-state index in [1.54, 1.807) is 32.9 Å². The Morgan fingerprint density at radius 3 is 2.37 bits per heavy atom. The van der Waals surface area contributed by atoms with Crippen LogP contribution in [0.4, 0.5) is 10.5 Å². The molecule has 0 unspecified atom stereocenters. The third kappa shape index (κ3) is 4.38. The van der Waals surface area contributed by atoms with Crippen molar-refractivity contribution in [1.29, 1.82) is 0 Å².